The molecule has 0 aromatic heterocycles. The van der Waals surface area contributed by atoms with Crippen LogP contribution in [0.5, 0.6) is 11.5 Å². The minimum atomic E-state index is -0.249. The van der Waals surface area contributed by atoms with Crippen LogP contribution < -0.4 is 14.8 Å². The summed E-state index contributed by atoms with van der Waals surface area (Å²) in [6.07, 6.45) is 0.696. The fourth-order valence-corrected chi connectivity index (χ4v) is 2.12. The van der Waals surface area contributed by atoms with Gasteiger partial charge in [0.1, 0.15) is 5.82 Å². The standard InChI is InChI=1S/C18H20FNO3/c1-22-16-8-4-5-9-17(16)23-13-11-18(21)20-12-10-14-6-2-3-7-15(14)19/h2-9H,10-13H2,1H3,(H,20,21). The first-order chi connectivity index (χ1) is 11.2. The van der Waals surface area contributed by atoms with Gasteiger partial charge in [-0.1, -0.05) is 30.3 Å². The van der Waals surface area contributed by atoms with Crippen LogP contribution in [-0.4, -0.2) is 26.2 Å². The maximum atomic E-state index is 13.4. The Bertz CT molecular complexity index is 646. The third-order valence-corrected chi connectivity index (χ3v) is 3.33. The minimum absolute atomic E-state index is 0.128. The van der Waals surface area contributed by atoms with Crippen molar-refractivity contribution in [3.05, 3.63) is 59.9 Å². The highest BCUT2D eigenvalue weighted by Crippen LogP contribution is 2.25. The molecule has 2 rings (SSSR count). The van der Waals surface area contributed by atoms with E-state index in [1.807, 2.05) is 12.1 Å². The van der Waals surface area contributed by atoms with Crippen molar-refractivity contribution in [2.24, 2.45) is 0 Å². The summed E-state index contributed by atoms with van der Waals surface area (Å²) in [5.41, 5.74) is 0.595. The quantitative estimate of drug-likeness (QED) is 0.814. The molecule has 0 spiro atoms. The largest absolute Gasteiger partial charge is 0.493 e. The van der Waals surface area contributed by atoms with Crippen LogP contribution in [0.3, 0.4) is 0 Å². The Morgan fingerprint density at radius 3 is 2.52 bits per heavy atom. The molecule has 0 aliphatic carbocycles. The van der Waals surface area contributed by atoms with Gasteiger partial charge in [-0.05, 0) is 30.2 Å². The number of amides is 1. The van der Waals surface area contributed by atoms with Gasteiger partial charge in [-0.15, -0.1) is 0 Å². The van der Waals surface area contributed by atoms with E-state index in [0.717, 1.165) is 0 Å². The van der Waals surface area contributed by atoms with E-state index in [1.165, 1.54) is 6.07 Å². The zero-order valence-corrected chi connectivity index (χ0v) is 13.0. The molecule has 0 bridgehead atoms. The van der Waals surface area contributed by atoms with Gasteiger partial charge in [-0.25, -0.2) is 4.39 Å². The Balaban J connectivity index is 1.68. The van der Waals surface area contributed by atoms with Crippen molar-refractivity contribution in [3.8, 4) is 11.5 Å². The van der Waals surface area contributed by atoms with Crippen molar-refractivity contribution >= 4 is 5.91 Å². The number of benzene rings is 2. The van der Waals surface area contributed by atoms with Crippen molar-refractivity contribution in [2.75, 3.05) is 20.3 Å². The van der Waals surface area contributed by atoms with Crippen molar-refractivity contribution in [3.63, 3.8) is 0 Å². The Morgan fingerprint density at radius 2 is 1.78 bits per heavy atom. The number of ether oxygens (including phenoxy) is 2. The number of rotatable bonds is 8. The van der Waals surface area contributed by atoms with Gasteiger partial charge >= 0.3 is 0 Å². The summed E-state index contributed by atoms with van der Waals surface area (Å²) >= 11 is 0. The Morgan fingerprint density at radius 1 is 1.09 bits per heavy atom. The molecule has 1 amide bonds. The van der Waals surface area contributed by atoms with E-state index >= 15 is 0 Å². The maximum Gasteiger partial charge on any atom is 0.223 e. The van der Waals surface area contributed by atoms with Gasteiger partial charge in [0.2, 0.25) is 5.91 Å². The Labute approximate surface area is 135 Å². The first-order valence-electron chi connectivity index (χ1n) is 7.46. The lowest BCUT2D eigenvalue weighted by atomic mass is 10.1. The molecule has 0 saturated carbocycles. The topological polar surface area (TPSA) is 47.6 Å². The lowest BCUT2D eigenvalue weighted by molar-refractivity contribution is -0.121. The number of hydrogen-bond acceptors (Lipinski definition) is 3. The summed E-state index contributed by atoms with van der Waals surface area (Å²) in [7, 11) is 1.57. The number of halogens is 1. The van der Waals surface area contributed by atoms with Gasteiger partial charge in [0.05, 0.1) is 20.1 Å². The van der Waals surface area contributed by atoms with Crippen LogP contribution in [0.1, 0.15) is 12.0 Å². The predicted octanol–water partition coefficient (Wildman–Crippen LogP) is 2.96. The van der Waals surface area contributed by atoms with Crippen molar-refractivity contribution < 1.29 is 18.7 Å². The van der Waals surface area contributed by atoms with Crippen molar-refractivity contribution in [1.82, 2.24) is 5.32 Å². The van der Waals surface area contributed by atoms with Gasteiger partial charge < -0.3 is 14.8 Å². The number of carbonyl (C=O) groups is 1. The lowest BCUT2D eigenvalue weighted by Gasteiger charge is -2.10. The van der Waals surface area contributed by atoms with Crippen LogP contribution >= 0.6 is 0 Å². The summed E-state index contributed by atoms with van der Waals surface area (Å²) < 4.78 is 24.1. The highest BCUT2D eigenvalue weighted by atomic mass is 19.1. The van der Waals surface area contributed by atoms with Crippen LogP contribution in [0.2, 0.25) is 0 Å². The molecule has 0 fully saturated rings. The highest BCUT2D eigenvalue weighted by molar-refractivity contribution is 5.76. The molecular weight excluding hydrogens is 297 g/mol. The monoisotopic (exact) mass is 317 g/mol. The van der Waals surface area contributed by atoms with E-state index < -0.39 is 0 Å². The van der Waals surface area contributed by atoms with Gasteiger partial charge in [0.15, 0.2) is 11.5 Å². The van der Waals surface area contributed by atoms with Crippen molar-refractivity contribution in [2.45, 2.75) is 12.8 Å². The summed E-state index contributed by atoms with van der Waals surface area (Å²) in [4.78, 5) is 11.7. The Hall–Kier alpha value is -2.56. The third-order valence-electron chi connectivity index (χ3n) is 3.33. The maximum absolute atomic E-state index is 13.4. The molecule has 0 atom stereocenters. The highest BCUT2D eigenvalue weighted by Gasteiger charge is 2.06. The zero-order chi connectivity index (χ0) is 16.5. The molecule has 1 N–H and O–H groups in total. The molecule has 0 radical (unpaired) electrons. The van der Waals surface area contributed by atoms with Gasteiger partial charge in [0.25, 0.3) is 0 Å². The first kappa shape index (κ1) is 16.8. The molecule has 0 aliphatic rings. The summed E-state index contributed by atoms with van der Waals surface area (Å²) in [6, 6.07) is 13.8. The molecule has 2 aromatic carbocycles. The molecule has 5 heteroatoms. The van der Waals surface area contributed by atoms with E-state index in [0.29, 0.717) is 30.0 Å². The molecule has 0 heterocycles. The second-order valence-electron chi connectivity index (χ2n) is 4.94. The van der Waals surface area contributed by atoms with E-state index in [1.54, 1.807) is 37.4 Å². The summed E-state index contributed by atoms with van der Waals surface area (Å²) in [5.74, 6) is 0.860. The summed E-state index contributed by atoms with van der Waals surface area (Å²) in [5, 5.41) is 2.76. The molecule has 0 aliphatic heterocycles. The van der Waals surface area contributed by atoms with Gasteiger partial charge in [0, 0.05) is 6.54 Å². The molecule has 0 unspecified atom stereocenters. The van der Waals surface area contributed by atoms with E-state index in [4.69, 9.17) is 9.47 Å². The van der Waals surface area contributed by atoms with Crippen LogP contribution in [-0.2, 0) is 11.2 Å². The van der Waals surface area contributed by atoms with Crippen LogP contribution in [0.15, 0.2) is 48.5 Å². The van der Waals surface area contributed by atoms with Crippen LogP contribution in [0.4, 0.5) is 4.39 Å². The van der Waals surface area contributed by atoms with E-state index in [2.05, 4.69) is 5.32 Å². The second kappa shape index (κ2) is 8.78. The van der Waals surface area contributed by atoms with Gasteiger partial charge in [-0.2, -0.15) is 0 Å². The first-order valence-corrected chi connectivity index (χ1v) is 7.46. The molecular formula is C18H20FNO3. The fourth-order valence-electron chi connectivity index (χ4n) is 2.12. The Kier molecular flexibility index (Phi) is 6.41. The summed E-state index contributed by atoms with van der Waals surface area (Å²) in [6.45, 7) is 0.653. The third kappa shape index (κ3) is 5.29. The number of hydrogen-bond donors (Lipinski definition) is 1. The minimum Gasteiger partial charge on any atom is -0.493 e. The second-order valence-corrected chi connectivity index (χ2v) is 4.94. The van der Waals surface area contributed by atoms with Gasteiger partial charge in [-0.3, -0.25) is 4.79 Å². The predicted molar refractivity (Wildman–Crippen MR) is 86.2 cm³/mol. The number of carbonyl (C=O) groups excluding carboxylic acids is 1. The molecule has 2 aromatic rings. The molecule has 0 saturated heterocycles. The smallest absolute Gasteiger partial charge is 0.223 e. The number of nitrogens with one attached hydrogen (secondary N) is 1. The normalized spacial score (nSPS) is 10.2. The zero-order valence-electron chi connectivity index (χ0n) is 13.0. The average Bonchev–Trinajstić information content (AvgIpc) is 2.57. The molecule has 122 valence electrons. The van der Waals surface area contributed by atoms with Crippen molar-refractivity contribution in [1.29, 1.82) is 0 Å². The number of para-hydroxylation sites is 2. The van der Waals surface area contributed by atoms with Crippen LogP contribution in [0, 0.1) is 5.82 Å². The van der Waals surface area contributed by atoms with E-state index in [9.17, 15) is 9.18 Å². The van der Waals surface area contributed by atoms with Crippen LogP contribution in [0.25, 0.3) is 0 Å². The molecule has 4 nitrogen and oxygen atoms in total. The SMILES string of the molecule is COc1ccccc1OCCC(=O)NCCc1ccccc1F. The number of methoxy groups -OCH3 is 1. The lowest BCUT2D eigenvalue weighted by Crippen LogP contribution is -2.27. The average molecular weight is 317 g/mol. The molecule has 23 heavy (non-hydrogen) atoms. The van der Waals surface area contributed by atoms with E-state index in [-0.39, 0.29) is 24.8 Å². The fraction of sp³-hybridized carbons (Fsp3) is 0.278.